The smallest absolute Gasteiger partial charge is 0.307 e. The predicted octanol–water partition coefficient (Wildman–Crippen LogP) is 5.37. The first kappa shape index (κ1) is 22.8. The fourth-order valence-electron chi connectivity index (χ4n) is 3.18. The molecule has 3 aromatic carbocycles. The molecule has 0 fully saturated rings. The first-order valence-electron chi connectivity index (χ1n) is 10.5. The maximum Gasteiger partial charge on any atom is 0.337 e. The average molecular weight is 472 g/mol. The van der Waals surface area contributed by atoms with Gasteiger partial charge in [0.25, 0.3) is 5.91 Å². The van der Waals surface area contributed by atoms with E-state index in [1.54, 1.807) is 35.0 Å². The fraction of sp³-hybridized carbons (Fsp3) is 0.0385. The van der Waals surface area contributed by atoms with E-state index in [9.17, 15) is 9.59 Å². The Kier molecular flexibility index (Phi) is 7.05. The topological polar surface area (TPSA) is 88.0 Å². The first-order chi connectivity index (χ1) is 16.5. The summed E-state index contributed by atoms with van der Waals surface area (Å²) < 4.78 is 1.74. The summed E-state index contributed by atoms with van der Waals surface area (Å²) in [6.07, 6.45) is 4.81. The maximum absolute atomic E-state index is 12.3. The van der Waals surface area contributed by atoms with Crippen molar-refractivity contribution in [2.45, 2.75) is 6.92 Å². The number of hydrogen-bond acceptors (Lipinski definition) is 3. The summed E-state index contributed by atoms with van der Waals surface area (Å²) in [5, 5.41) is 7.96. The van der Waals surface area contributed by atoms with E-state index in [-0.39, 0.29) is 0 Å². The summed E-state index contributed by atoms with van der Waals surface area (Å²) in [4.78, 5) is 24.3. The van der Waals surface area contributed by atoms with E-state index in [0.717, 1.165) is 22.4 Å². The van der Waals surface area contributed by atoms with Gasteiger partial charge in [0.1, 0.15) is 0 Å². The number of amides is 3. The third-order valence-corrected chi connectivity index (χ3v) is 5.16. The van der Waals surface area contributed by atoms with E-state index in [4.69, 9.17) is 16.7 Å². The standard InChI is InChI=1S/C26H22ClN5O2/c1-18-7-14-22(15-8-18)28-26(34)30-29-24(33)16-11-20-17-32(23-5-3-2-4-6-23)31-25(20)19-9-12-21(27)13-10-19/h2-17H,1H3,(H,29,33)(H2,28,30,34)/b16-11+. The fourth-order valence-corrected chi connectivity index (χ4v) is 3.31. The number of urea groups is 1. The average Bonchev–Trinajstić information content (AvgIpc) is 3.28. The van der Waals surface area contributed by atoms with Crippen molar-refractivity contribution in [3.63, 3.8) is 0 Å². The predicted molar refractivity (Wildman–Crippen MR) is 135 cm³/mol. The third-order valence-electron chi connectivity index (χ3n) is 4.90. The van der Waals surface area contributed by atoms with Crippen LogP contribution in [0.5, 0.6) is 0 Å². The van der Waals surface area contributed by atoms with Crippen LogP contribution in [0.3, 0.4) is 0 Å². The highest BCUT2D eigenvalue weighted by atomic mass is 35.5. The molecule has 4 rings (SSSR count). The molecule has 0 aliphatic heterocycles. The molecular weight excluding hydrogens is 450 g/mol. The first-order valence-corrected chi connectivity index (χ1v) is 10.9. The number of nitrogens with one attached hydrogen (secondary N) is 3. The molecule has 0 bridgehead atoms. The van der Waals surface area contributed by atoms with E-state index in [2.05, 4.69) is 16.2 Å². The molecule has 0 radical (unpaired) electrons. The zero-order valence-corrected chi connectivity index (χ0v) is 19.1. The molecular formula is C26H22ClN5O2. The Balaban J connectivity index is 1.47. The molecule has 8 heteroatoms. The number of rotatable bonds is 5. The summed E-state index contributed by atoms with van der Waals surface area (Å²) in [6, 6.07) is 23.7. The number of carbonyl (C=O) groups excluding carboxylic acids is 2. The van der Waals surface area contributed by atoms with Crippen molar-refractivity contribution < 1.29 is 9.59 Å². The minimum atomic E-state index is -0.552. The zero-order chi connectivity index (χ0) is 23.9. The minimum absolute atomic E-state index is 0.492. The van der Waals surface area contributed by atoms with Gasteiger partial charge in [0.15, 0.2) is 0 Å². The van der Waals surface area contributed by atoms with Crippen LogP contribution in [0.1, 0.15) is 11.1 Å². The van der Waals surface area contributed by atoms with Crippen molar-refractivity contribution in [2.24, 2.45) is 0 Å². The summed E-state index contributed by atoms with van der Waals surface area (Å²) in [6.45, 7) is 1.96. The lowest BCUT2D eigenvalue weighted by molar-refractivity contribution is -0.117. The molecule has 34 heavy (non-hydrogen) atoms. The lowest BCUT2D eigenvalue weighted by Crippen LogP contribution is -2.43. The Bertz CT molecular complexity index is 1310. The minimum Gasteiger partial charge on any atom is -0.307 e. The van der Waals surface area contributed by atoms with Crippen molar-refractivity contribution in [3.05, 3.63) is 107 Å². The van der Waals surface area contributed by atoms with Crippen LogP contribution in [0.2, 0.25) is 5.02 Å². The number of carbonyl (C=O) groups is 2. The lowest BCUT2D eigenvalue weighted by atomic mass is 10.1. The van der Waals surface area contributed by atoms with Crippen molar-refractivity contribution in [3.8, 4) is 16.9 Å². The van der Waals surface area contributed by atoms with Crippen LogP contribution < -0.4 is 16.2 Å². The van der Waals surface area contributed by atoms with Gasteiger partial charge in [-0.15, -0.1) is 0 Å². The molecule has 0 spiro atoms. The highest BCUT2D eigenvalue weighted by molar-refractivity contribution is 6.30. The molecule has 170 valence electrons. The van der Waals surface area contributed by atoms with Gasteiger partial charge in [0, 0.05) is 34.1 Å². The molecule has 1 aromatic heterocycles. The van der Waals surface area contributed by atoms with Gasteiger partial charge in [-0.2, -0.15) is 5.10 Å². The number of halogens is 1. The molecule has 4 aromatic rings. The molecule has 3 amide bonds. The molecule has 1 heterocycles. The van der Waals surface area contributed by atoms with E-state index in [0.29, 0.717) is 16.4 Å². The second-order valence-corrected chi connectivity index (χ2v) is 7.92. The largest absolute Gasteiger partial charge is 0.337 e. The molecule has 7 nitrogen and oxygen atoms in total. The van der Waals surface area contributed by atoms with Crippen LogP contribution in [0.25, 0.3) is 23.0 Å². The number of anilines is 1. The van der Waals surface area contributed by atoms with E-state index in [1.165, 1.54) is 6.08 Å². The van der Waals surface area contributed by atoms with Gasteiger partial charge in [-0.3, -0.25) is 10.2 Å². The third kappa shape index (κ3) is 5.90. The van der Waals surface area contributed by atoms with Crippen LogP contribution >= 0.6 is 11.6 Å². The summed E-state index contributed by atoms with van der Waals surface area (Å²) in [7, 11) is 0. The van der Waals surface area contributed by atoms with Gasteiger partial charge in [0.05, 0.1) is 11.4 Å². The number of benzene rings is 3. The number of aryl methyl sites for hydroxylation is 1. The summed E-state index contributed by atoms with van der Waals surface area (Å²) >= 11 is 6.03. The highest BCUT2D eigenvalue weighted by Gasteiger charge is 2.11. The summed E-state index contributed by atoms with van der Waals surface area (Å²) in [5.74, 6) is -0.492. The van der Waals surface area contributed by atoms with Crippen molar-refractivity contribution in [1.29, 1.82) is 0 Å². The van der Waals surface area contributed by atoms with E-state index < -0.39 is 11.9 Å². The molecule has 0 saturated heterocycles. The SMILES string of the molecule is Cc1ccc(NC(=O)NNC(=O)/C=C/c2cn(-c3ccccc3)nc2-c2ccc(Cl)cc2)cc1. The second-order valence-electron chi connectivity index (χ2n) is 7.49. The van der Waals surface area contributed by atoms with E-state index in [1.807, 2.05) is 67.7 Å². The van der Waals surface area contributed by atoms with Crippen molar-refractivity contribution in [1.82, 2.24) is 20.6 Å². The van der Waals surface area contributed by atoms with Gasteiger partial charge in [-0.05, 0) is 49.4 Å². The Morgan fingerprint density at radius 1 is 0.912 bits per heavy atom. The monoisotopic (exact) mass is 471 g/mol. The Hall–Kier alpha value is -4.36. The van der Waals surface area contributed by atoms with Gasteiger partial charge >= 0.3 is 6.03 Å². The Morgan fingerprint density at radius 3 is 2.32 bits per heavy atom. The molecule has 3 N–H and O–H groups in total. The second kappa shape index (κ2) is 10.5. The van der Waals surface area contributed by atoms with Gasteiger partial charge in [-0.1, -0.05) is 59.6 Å². The quantitative estimate of drug-likeness (QED) is 0.270. The summed E-state index contributed by atoms with van der Waals surface area (Å²) in [5.41, 5.74) is 9.55. The maximum atomic E-state index is 12.3. The van der Waals surface area contributed by atoms with Crippen LogP contribution in [0.15, 0.2) is 91.1 Å². The highest BCUT2D eigenvalue weighted by Crippen LogP contribution is 2.26. The van der Waals surface area contributed by atoms with Gasteiger partial charge in [-0.25, -0.2) is 14.9 Å². The van der Waals surface area contributed by atoms with Crippen LogP contribution in [-0.4, -0.2) is 21.7 Å². The van der Waals surface area contributed by atoms with E-state index >= 15 is 0 Å². The zero-order valence-electron chi connectivity index (χ0n) is 18.3. The van der Waals surface area contributed by atoms with Crippen molar-refractivity contribution >= 4 is 35.3 Å². The number of hydrogen-bond donors (Lipinski definition) is 3. The number of aromatic nitrogens is 2. The van der Waals surface area contributed by atoms with Gasteiger partial charge in [0.2, 0.25) is 0 Å². The van der Waals surface area contributed by atoms with Crippen LogP contribution in [0.4, 0.5) is 10.5 Å². The number of hydrazine groups is 1. The molecule has 0 saturated carbocycles. The molecule has 0 unspecified atom stereocenters. The lowest BCUT2D eigenvalue weighted by Gasteiger charge is -2.07. The molecule has 0 aliphatic rings. The number of nitrogens with zero attached hydrogens (tertiary/aromatic N) is 2. The van der Waals surface area contributed by atoms with Gasteiger partial charge < -0.3 is 5.32 Å². The molecule has 0 atom stereocenters. The van der Waals surface area contributed by atoms with Crippen molar-refractivity contribution in [2.75, 3.05) is 5.32 Å². The normalized spacial score (nSPS) is 10.8. The van der Waals surface area contributed by atoms with Crippen LogP contribution in [-0.2, 0) is 4.79 Å². The molecule has 0 aliphatic carbocycles. The Morgan fingerprint density at radius 2 is 1.62 bits per heavy atom. The van der Waals surface area contributed by atoms with Crippen LogP contribution in [0, 0.1) is 6.92 Å². The number of para-hydroxylation sites is 1. The Labute approximate surface area is 202 Å².